The molecule has 39 heavy (non-hydrogen) atoms. The zero-order valence-corrected chi connectivity index (χ0v) is 23.2. The lowest BCUT2D eigenvalue weighted by molar-refractivity contribution is -0.157. The van der Waals surface area contributed by atoms with Crippen molar-refractivity contribution in [3.8, 4) is 0 Å². The predicted molar refractivity (Wildman–Crippen MR) is 142 cm³/mol. The van der Waals surface area contributed by atoms with Gasteiger partial charge in [0.25, 0.3) is 0 Å². The number of carbonyl (C=O) groups excluding carboxylic acids is 3. The number of hydrogen-bond donors (Lipinski definition) is 1. The van der Waals surface area contributed by atoms with Crippen molar-refractivity contribution < 1.29 is 33.7 Å². The SMILES string of the molecule is CC[C@H](C)[C@H](CO)N1C(=O)[C@@H]2[C@@H]3C(=O)OCCCC/C=C\[C@@H]3O[C@@]23C=CCN(CCN2CCOCC2)C(=O)C13. The van der Waals surface area contributed by atoms with E-state index in [2.05, 4.69) is 4.90 Å². The second-order valence-corrected chi connectivity index (χ2v) is 11.5. The Morgan fingerprint density at radius 1 is 1.08 bits per heavy atom. The molecule has 0 aliphatic carbocycles. The highest BCUT2D eigenvalue weighted by atomic mass is 16.6. The number of esters is 1. The third kappa shape index (κ3) is 5.16. The molecule has 5 aliphatic heterocycles. The highest BCUT2D eigenvalue weighted by Crippen LogP contribution is 2.54. The van der Waals surface area contributed by atoms with Gasteiger partial charge >= 0.3 is 5.97 Å². The number of fused-ring (bicyclic) bond motifs is 2. The van der Waals surface area contributed by atoms with E-state index in [1.807, 2.05) is 38.2 Å². The van der Waals surface area contributed by atoms with Gasteiger partial charge in [0.1, 0.15) is 17.6 Å². The van der Waals surface area contributed by atoms with Crippen LogP contribution in [0.25, 0.3) is 0 Å². The fraction of sp³-hybridized carbons (Fsp3) is 0.759. The molecule has 5 heterocycles. The molecule has 0 aromatic carbocycles. The number of likely N-dealkylation sites (tertiary alicyclic amines) is 1. The molecule has 1 spiro atoms. The van der Waals surface area contributed by atoms with Crippen LogP contribution in [0.15, 0.2) is 24.3 Å². The first-order valence-electron chi connectivity index (χ1n) is 14.6. The van der Waals surface area contributed by atoms with E-state index in [9.17, 15) is 19.5 Å². The molecule has 1 N–H and O–H groups in total. The summed E-state index contributed by atoms with van der Waals surface area (Å²) in [6.45, 7) is 8.60. The summed E-state index contributed by atoms with van der Waals surface area (Å²) in [5.74, 6) is -2.78. The highest BCUT2D eigenvalue weighted by molar-refractivity contribution is 5.99. The molecule has 0 radical (unpaired) electrons. The molecule has 5 aliphatic rings. The maximum Gasteiger partial charge on any atom is 0.312 e. The van der Waals surface area contributed by atoms with E-state index in [0.29, 0.717) is 39.5 Å². The molecule has 7 atom stereocenters. The number of cyclic esters (lactones) is 1. The smallest absolute Gasteiger partial charge is 0.312 e. The number of ether oxygens (including phenoxy) is 3. The maximum absolute atomic E-state index is 14.4. The van der Waals surface area contributed by atoms with Gasteiger partial charge in [-0.2, -0.15) is 0 Å². The van der Waals surface area contributed by atoms with Crippen LogP contribution in [0.3, 0.4) is 0 Å². The van der Waals surface area contributed by atoms with Crippen molar-refractivity contribution >= 4 is 17.8 Å². The number of nitrogens with zero attached hydrogens (tertiary/aromatic N) is 3. The Bertz CT molecular complexity index is 980. The van der Waals surface area contributed by atoms with Crippen LogP contribution in [-0.4, -0.2) is 121 Å². The normalized spacial score (nSPS) is 36.0. The molecular formula is C29H43N3O7. The van der Waals surface area contributed by atoms with Gasteiger partial charge in [-0.05, 0) is 25.2 Å². The summed E-state index contributed by atoms with van der Waals surface area (Å²) >= 11 is 0. The zero-order valence-electron chi connectivity index (χ0n) is 23.2. The largest absolute Gasteiger partial charge is 0.465 e. The number of aliphatic hydroxyl groups excluding tert-OH is 1. The van der Waals surface area contributed by atoms with E-state index in [1.165, 1.54) is 0 Å². The summed E-state index contributed by atoms with van der Waals surface area (Å²) < 4.78 is 17.8. The van der Waals surface area contributed by atoms with Crippen LogP contribution in [0, 0.1) is 17.8 Å². The maximum atomic E-state index is 14.4. The van der Waals surface area contributed by atoms with E-state index in [1.54, 1.807) is 9.80 Å². The van der Waals surface area contributed by atoms with Gasteiger partial charge in [0, 0.05) is 32.7 Å². The molecule has 0 bridgehead atoms. The van der Waals surface area contributed by atoms with Gasteiger partial charge in [0.2, 0.25) is 11.8 Å². The fourth-order valence-corrected chi connectivity index (χ4v) is 6.86. The van der Waals surface area contributed by atoms with Crippen molar-refractivity contribution in [3.05, 3.63) is 24.3 Å². The minimum atomic E-state index is -1.31. The highest BCUT2D eigenvalue weighted by Gasteiger charge is 2.72. The van der Waals surface area contributed by atoms with Gasteiger partial charge in [0.05, 0.1) is 44.5 Å². The molecule has 0 aromatic rings. The number of hydrogen-bond acceptors (Lipinski definition) is 8. The zero-order chi connectivity index (χ0) is 27.6. The van der Waals surface area contributed by atoms with Crippen LogP contribution in [0.1, 0.15) is 39.5 Å². The second kappa shape index (κ2) is 12.1. The molecule has 5 rings (SSSR count). The average Bonchev–Trinajstić information content (AvgIpc) is 3.34. The van der Waals surface area contributed by atoms with Crippen LogP contribution in [0.2, 0.25) is 0 Å². The quantitative estimate of drug-likeness (QED) is 0.373. The Kier molecular flexibility index (Phi) is 8.75. The number of amides is 2. The molecule has 10 heteroatoms. The van der Waals surface area contributed by atoms with Gasteiger partial charge in [-0.1, -0.05) is 44.6 Å². The van der Waals surface area contributed by atoms with Gasteiger partial charge < -0.3 is 29.1 Å². The first-order valence-corrected chi connectivity index (χ1v) is 14.6. The topological polar surface area (TPSA) is 109 Å². The van der Waals surface area contributed by atoms with Crippen molar-refractivity contribution in [1.29, 1.82) is 0 Å². The van der Waals surface area contributed by atoms with Crippen molar-refractivity contribution in [1.82, 2.24) is 14.7 Å². The molecule has 0 saturated carbocycles. The average molecular weight is 546 g/mol. The Morgan fingerprint density at radius 2 is 1.87 bits per heavy atom. The monoisotopic (exact) mass is 545 g/mol. The lowest BCUT2D eigenvalue weighted by Gasteiger charge is -2.40. The van der Waals surface area contributed by atoms with E-state index in [4.69, 9.17) is 14.2 Å². The Hall–Kier alpha value is -2.27. The van der Waals surface area contributed by atoms with Crippen molar-refractivity contribution in [3.63, 3.8) is 0 Å². The third-order valence-corrected chi connectivity index (χ3v) is 9.26. The standard InChI is InChI=1S/C29H43N3O7/c1-3-20(2)21(19-33)32-25-27(35)31(13-12-30-14-17-37-18-15-30)11-8-10-29(25)24(26(32)34)23-22(39-29)9-6-4-5-7-16-38-28(23)36/h6,8-10,20-25,33H,3-5,7,11-19H2,1-2H3/b9-6-/t20-,21-,22-,23+,24-,25?,29-/m0/s1. The Labute approximate surface area is 230 Å². The van der Waals surface area contributed by atoms with Crippen LogP contribution >= 0.6 is 0 Å². The number of rotatable bonds is 7. The summed E-state index contributed by atoms with van der Waals surface area (Å²) in [5.41, 5.74) is -1.31. The summed E-state index contributed by atoms with van der Waals surface area (Å²) in [6.07, 6.45) is 10.2. The van der Waals surface area contributed by atoms with E-state index >= 15 is 0 Å². The van der Waals surface area contributed by atoms with Gasteiger partial charge in [-0.3, -0.25) is 19.3 Å². The molecule has 10 nitrogen and oxygen atoms in total. The molecule has 2 amide bonds. The second-order valence-electron chi connectivity index (χ2n) is 11.5. The molecule has 216 valence electrons. The van der Waals surface area contributed by atoms with Crippen LogP contribution < -0.4 is 0 Å². The Balaban J connectivity index is 1.53. The predicted octanol–water partition coefficient (Wildman–Crippen LogP) is 0.988. The van der Waals surface area contributed by atoms with Gasteiger partial charge in [-0.15, -0.1) is 0 Å². The first-order chi connectivity index (χ1) is 18.9. The lowest BCUT2D eigenvalue weighted by Crippen LogP contribution is -2.59. The van der Waals surface area contributed by atoms with Gasteiger partial charge in [-0.25, -0.2) is 0 Å². The first kappa shape index (κ1) is 28.3. The summed E-state index contributed by atoms with van der Waals surface area (Å²) in [5, 5.41) is 10.5. The van der Waals surface area contributed by atoms with Crippen molar-refractivity contribution in [2.75, 3.05) is 59.2 Å². The summed E-state index contributed by atoms with van der Waals surface area (Å²) in [4.78, 5) is 47.8. The van der Waals surface area contributed by atoms with Crippen LogP contribution in [-0.2, 0) is 28.6 Å². The molecule has 3 fully saturated rings. The van der Waals surface area contributed by atoms with Gasteiger partial charge in [0.15, 0.2) is 0 Å². The van der Waals surface area contributed by atoms with Crippen LogP contribution in [0.5, 0.6) is 0 Å². The van der Waals surface area contributed by atoms with Crippen molar-refractivity contribution in [2.24, 2.45) is 17.8 Å². The minimum absolute atomic E-state index is 0.0525. The van der Waals surface area contributed by atoms with Crippen molar-refractivity contribution in [2.45, 2.75) is 63.3 Å². The lowest BCUT2D eigenvalue weighted by atomic mass is 9.78. The summed E-state index contributed by atoms with van der Waals surface area (Å²) in [6, 6.07) is -1.54. The third-order valence-electron chi connectivity index (χ3n) is 9.26. The number of aliphatic hydroxyl groups is 1. The molecule has 3 saturated heterocycles. The molecule has 1 unspecified atom stereocenters. The van der Waals surface area contributed by atoms with E-state index in [0.717, 1.165) is 38.8 Å². The fourth-order valence-electron chi connectivity index (χ4n) is 6.86. The minimum Gasteiger partial charge on any atom is -0.465 e. The Morgan fingerprint density at radius 3 is 2.62 bits per heavy atom. The molecular weight excluding hydrogens is 502 g/mol. The van der Waals surface area contributed by atoms with E-state index in [-0.39, 0.29) is 24.3 Å². The number of allylic oxidation sites excluding steroid dienone is 1. The van der Waals surface area contributed by atoms with E-state index < -0.39 is 41.6 Å². The number of carbonyl (C=O) groups is 3. The van der Waals surface area contributed by atoms with Crippen LogP contribution in [0.4, 0.5) is 0 Å². The molecule has 0 aromatic heterocycles. The number of morpholine rings is 1. The summed E-state index contributed by atoms with van der Waals surface area (Å²) in [7, 11) is 0.